The Balaban J connectivity index is 1.42. The number of carboxylic acid groups (broad SMARTS) is 1. The molecule has 0 bridgehead atoms. The fourth-order valence-electron chi connectivity index (χ4n) is 3.59. The highest BCUT2D eigenvalue weighted by atomic mass is 32.2. The van der Waals surface area contributed by atoms with E-state index in [2.05, 4.69) is 25.8 Å². The first-order chi connectivity index (χ1) is 15.4. The van der Waals surface area contributed by atoms with E-state index >= 15 is 0 Å². The van der Waals surface area contributed by atoms with Gasteiger partial charge in [0, 0.05) is 23.5 Å². The lowest BCUT2D eigenvalue weighted by Crippen LogP contribution is -2.43. The summed E-state index contributed by atoms with van der Waals surface area (Å²) in [6.07, 6.45) is 1.95. The normalized spacial score (nSPS) is 12.1. The first-order valence-corrected chi connectivity index (χ1v) is 11.0. The number of carbonyl (C=O) groups excluding carboxylic acids is 1. The van der Waals surface area contributed by atoms with Crippen LogP contribution < -0.4 is 5.32 Å². The number of fused-ring (bicyclic) bond motifs is 1. The summed E-state index contributed by atoms with van der Waals surface area (Å²) in [6, 6.07) is 12.6. The van der Waals surface area contributed by atoms with E-state index in [1.165, 1.54) is 0 Å². The van der Waals surface area contributed by atoms with Crippen LogP contribution in [0.3, 0.4) is 0 Å². The van der Waals surface area contributed by atoms with Gasteiger partial charge in [-0.1, -0.05) is 36.0 Å². The largest absolute Gasteiger partial charge is 0.480 e. The number of aryl methyl sites for hydroxylation is 2. The SMILES string of the molecule is Cc1cc(C)cc(-n2nnnc2SCC(=O)N[C@@H](Cc2c[nH]c3ccccc23)C(=O)O)c1. The summed E-state index contributed by atoms with van der Waals surface area (Å²) < 4.78 is 1.57. The van der Waals surface area contributed by atoms with Crippen LogP contribution >= 0.6 is 11.8 Å². The number of carboxylic acids is 1. The Kier molecular flexibility index (Phi) is 6.22. The number of carbonyl (C=O) groups is 2. The first-order valence-electron chi connectivity index (χ1n) is 9.97. The molecule has 164 valence electrons. The highest BCUT2D eigenvalue weighted by molar-refractivity contribution is 7.99. The lowest BCUT2D eigenvalue weighted by Gasteiger charge is -2.14. The van der Waals surface area contributed by atoms with Gasteiger partial charge in [0.1, 0.15) is 6.04 Å². The minimum absolute atomic E-state index is 0.0111. The van der Waals surface area contributed by atoms with Gasteiger partial charge in [-0.15, -0.1) is 5.10 Å². The highest BCUT2D eigenvalue weighted by Gasteiger charge is 2.22. The third kappa shape index (κ3) is 4.80. The third-order valence-electron chi connectivity index (χ3n) is 4.96. The summed E-state index contributed by atoms with van der Waals surface area (Å²) in [5.41, 5.74) is 4.71. The number of tetrazole rings is 1. The van der Waals surface area contributed by atoms with E-state index in [1.807, 2.05) is 56.3 Å². The fraction of sp³-hybridized carbons (Fsp3) is 0.227. The minimum Gasteiger partial charge on any atom is -0.480 e. The van der Waals surface area contributed by atoms with Crippen molar-refractivity contribution in [1.82, 2.24) is 30.5 Å². The number of H-pyrrole nitrogens is 1. The Morgan fingerprint density at radius 1 is 1.19 bits per heavy atom. The Morgan fingerprint density at radius 3 is 2.69 bits per heavy atom. The topological polar surface area (TPSA) is 126 Å². The molecule has 2 aromatic carbocycles. The fourth-order valence-corrected chi connectivity index (χ4v) is 4.29. The number of para-hydroxylation sites is 1. The van der Waals surface area contributed by atoms with E-state index in [0.717, 1.165) is 45.0 Å². The number of hydrogen-bond donors (Lipinski definition) is 3. The average Bonchev–Trinajstić information content (AvgIpc) is 3.38. The van der Waals surface area contributed by atoms with E-state index in [9.17, 15) is 14.7 Å². The zero-order valence-electron chi connectivity index (χ0n) is 17.6. The zero-order chi connectivity index (χ0) is 22.7. The third-order valence-corrected chi connectivity index (χ3v) is 5.88. The number of rotatable bonds is 8. The number of thioether (sulfide) groups is 1. The second-order valence-electron chi connectivity index (χ2n) is 7.53. The van der Waals surface area contributed by atoms with E-state index in [0.29, 0.717) is 5.16 Å². The second kappa shape index (κ2) is 9.23. The predicted molar refractivity (Wildman–Crippen MR) is 121 cm³/mol. The quantitative estimate of drug-likeness (QED) is 0.352. The van der Waals surface area contributed by atoms with Crippen molar-refractivity contribution in [3.05, 3.63) is 65.4 Å². The molecule has 9 nitrogen and oxygen atoms in total. The Labute approximate surface area is 188 Å². The van der Waals surface area contributed by atoms with E-state index < -0.39 is 17.9 Å². The van der Waals surface area contributed by atoms with Gasteiger partial charge in [-0.2, -0.15) is 4.68 Å². The van der Waals surface area contributed by atoms with Crippen molar-refractivity contribution in [2.24, 2.45) is 0 Å². The number of nitrogens with one attached hydrogen (secondary N) is 2. The predicted octanol–water partition coefficient (Wildman–Crippen LogP) is 2.66. The monoisotopic (exact) mass is 450 g/mol. The van der Waals surface area contributed by atoms with Gasteiger partial charge in [0.25, 0.3) is 0 Å². The summed E-state index contributed by atoms with van der Waals surface area (Å²) >= 11 is 1.15. The van der Waals surface area contributed by atoms with Crippen molar-refractivity contribution in [2.45, 2.75) is 31.5 Å². The molecule has 0 aliphatic carbocycles. The number of amides is 1. The average molecular weight is 451 g/mol. The first kappa shape index (κ1) is 21.6. The lowest BCUT2D eigenvalue weighted by atomic mass is 10.1. The molecule has 1 amide bonds. The number of aromatic amines is 1. The molecule has 1 atom stereocenters. The van der Waals surface area contributed by atoms with Crippen molar-refractivity contribution in [1.29, 1.82) is 0 Å². The summed E-state index contributed by atoms with van der Waals surface area (Å²) in [6.45, 7) is 3.97. The summed E-state index contributed by atoms with van der Waals surface area (Å²) in [5, 5.41) is 25.4. The molecular formula is C22H22N6O3S. The van der Waals surface area contributed by atoms with Crippen LogP contribution in [-0.2, 0) is 16.0 Å². The van der Waals surface area contributed by atoms with Crippen LogP contribution in [0.1, 0.15) is 16.7 Å². The summed E-state index contributed by atoms with van der Waals surface area (Å²) in [5.74, 6) is -1.51. The van der Waals surface area contributed by atoms with Gasteiger partial charge >= 0.3 is 5.97 Å². The maximum atomic E-state index is 12.5. The Hall–Kier alpha value is -3.66. The maximum Gasteiger partial charge on any atom is 0.326 e. The van der Waals surface area contributed by atoms with Crippen LogP contribution in [0.4, 0.5) is 0 Å². The Bertz CT molecular complexity index is 1260. The molecular weight excluding hydrogens is 428 g/mol. The van der Waals surface area contributed by atoms with Crippen LogP contribution in [0.5, 0.6) is 0 Å². The maximum absolute atomic E-state index is 12.5. The van der Waals surface area contributed by atoms with Gasteiger partial charge in [-0.05, 0) is 59.2 Å². The minimum atomic E-state index is -1.09. The number of nitrogens with zero attached hydrogens (tertiary/aromatic N) is 4. The Morgan fingerprint density at radius 2 is 1.94 bits per heavy atom. The van der Waals surface area contributed by atoms with Gasteiger partial charge in [-0.3, -0.25) is 4.79 Å². The smallest absolute Gasteiger partial charge is 0.326 e. The molecule has 10 heteroatoms. The van der Waals surface area contributed by atoms with Gasteiger partial charge in [0.05, 0.1) is 11.4 Å². The van der Waals surface area contributed by atoms with Crippen molar-refractivity contribution in [2.75, 3.05) is 5.75 Å². The van der Waals surface area contributed by atoms with Crippen LogP contribution in [0.25, 0.3) is 16.6 Å². The molecule has 0 saturated heterocycles. The summed E-state index contributed by atoms with van der Waals surface area (Å²) in [7, 11) is 0. The van der Waals surface area contributed by atoms with Crippen LogP contribution in [-0.4, -0.2) is 54.0 Å². The van der Waals surface area contributed by atoms with E-state index in [-0.39, 0.29) is 12.2 Å². The van der Waals surface area contributed by atoms with Crippen LogP contribution in [0.15, 0.2) is 53.8 Å². The molecule has 0 aliphatic rings. The van der Waals surface area contributed by atoms with E-state index in [1.54, 1.807) is 10.9 Å². The molecule has 0 unspecified atom stereocenters. The van der Waals surface area contributed by atoms with Gasteiger partial charge < -0.3 is 15.4 Å². The summed E-state index contributed by atoms with van der Waals surface area (Å²) in [4.78, 5) is 27.4. The lowest BCUT2D eigenvalue weighted by molar-refractivity contribution is -0.141. The van der Waals surface area contributed by atoms with Gasteiger partial charge in [0.15, 0.2) is 0 Å². The van der Waals surface area contributed by atoms with E-state index in [4.69, 9.17) is 0 Å². The van der Waals surface area contributed by atoms with Crippen LogP contribution in [0.2, 0.25) is 0 Å². The molecule has 3 N–H and O–H groups in total. The zero-order valence-corrected chi connectivity index (χ0v) is 18.4. The van der Waals surface area contributed by atoms with Crippen molar-refractivity contribution in [3.63, 3.8) is 0 Å². The molecule has 32 heavy (non-hydrogen) atoms. The molecule has 4 rings (SSSR count). The van der Waals surface area contributed by atoms with Crippen molar-refractivity contribution < 1.29 is 14.7 Å². The highest BCUT2D eigenvalue weighted by Crippen LogP contribution is 2.21. The molecule has 2 aromatic heterocycles. The number of aromatic nitrogens is 5. The molecule has 0 spiro atoms. The van der Waals surface area contributed by atoms with Gasteiger partial charge in [0.2, 0.25) is 11.1 Å². The second-order valence-corrected chi connectivity index (χ2v) is 8.47. The van der Waals surface area contributed by atoms with Crippen LogP contribution in [0, 0.1) is 13.8 Å². The molecule has 2 heterocycles. The van der Waals surface area contributed by atoms with Gasteiger partial charge in [-0.25, -0.2) is 4.79 Å². The standard InChI is InChI=1S/C22H22N6O3S/c1-13-7-14(2)9-16(8-13)28-22(25-26-27-28)32-12-20(29)24-19(21(30)31)10-15-11-23-18-6-4-3-5-17(15)18/h3-9,11,19,23H,10,12H2,1-2H3,(H,24,29)(H,30,31)/t19-/m0/s1. The number of benzene rings is 2. The van der Waals surface area contributed by atoms with Crippen molar-refractivity contribution in [3.8, 4) is 5.69 Å². The number of aliphatic carboxylic acids is 1. The number of hydrogen-bond acceptors (Lipinski definition) is 6. The van der Waals surface area contributed by atoms with Crippen molar-refractivity contribution >= 4 is 34.5 Å². The molecule has 0 aliphatic heterocycles. The molecule has 0 saturated carbocycles. The molecule has 0 fully saturated rings. The molecule has 0 radical (unpaired) electrons. The molecule has 4 aromatic rings.